The van der Waals surface area contributed by atoms with Gasteiger partial charge in [0.05, 0.1) is 38.6 Å². The molecule has 17 atom stereocenters. The number of allylic oxidation sites excluding steroid dienone is 15. The van der Waals surface area contributed by atoms with Crippen molar-refractivity contribution in [1.29, 1.82) is 0 Å². The summed E-state index contributed by atoms with van der Waals surface area (Å²) in [5, 5.41) is 120. The van der Waals surface area contributed by atoms with E-state index in [0.29, 0.717) is 12.8 Å². The molecule has 3 rings (SSSR count). The fraction of sp³-hybridized carbons (Fsp3) is 0.764. The van der Waals surface area contributed by atoms with Crippen molar-refractivity contribution in [2.75, 3.05) is 26.4 Å². The summed E-state index contributed by atoms with van der Waals surface area (Å²) in [6, 6.07) is -1.02. The zero-order chi connectivity index (χ0) is 66.1. The van der Waals surface area contributed by atoms with Crippen molar-refractivity contribution in [2.24, 2.45) is 0 Å². The highest BCUT2D eigenvalue weighted by Gasteiger charge is 2.53. The number of hydrogen-bond donors (Lipinski definition) is 12. The van der Waals surface area contributed by atoms with Crippen molar-refractivity contribution in [3.8, 4) is 0 Å². The zero-order valence-electron chi connectivity index (χ0n) is 55.3. The van der Waals surface area contributed by atoms with Gasteiger partial charge >= 0.3 is 0 Å². The Bertz CT molecular complexity index is 2030. The van der Waals surface area contributed by atoms with Crippen LogP contribution in [0.2, 0.25) is 0 Å². The van der Waals surface area contributed by atoms with Gasteiger partial charge in [0.1, 0.15) is 73.2 Å². The molecular formula is C72H123NO18. The molecule has 0 aromatic rings. The SMILES string of the molecule is CC/C=C\C/C=C\C/C=C\C/C=C\C/C=C\CCCCCC(=O)NC(COC1OC(CO)C(OC2OC(CO)C(OC3OC(CO)C(O)C(O)C3O)C(O)C2O)C(O)C1O)C(O)/C=C/CC/C=C/CC/C=C/CCCCCCCCCCCCCCCCCCC. The lowest BCUT2D eigenvalue weighted by molar-refractivity contribution is -0.379. The minimum absolute atomic E-state index is 0.187. The van der Waals surface area contributed by atoms with Crippen LogP contribution in [0.15, 0.2) is 97.2 Å². The maximum atomic E-state index is 13.4. The molecule has 0 aromatic carbocycles. The van der Waals surface area contributed by atoms with Crippen LogP contribution < -0.4 is 5.32 Å². The summed E-state index contributed by atoms with van der Waals surface area (Å²) >= 11 is 0. The van der Waals surface area contributed by atoms with E-state index < -0.39 is 131 Å². The first-order valence-corrected chi connectivity index (χ1v) is 35.0. The van der Waals surface area contributed by atoms with E-state index in [2.05, 4.69) is 104 Å². The van der Waals surface area contributed by atoms with Crippen LogP contribution >= 0.6 is 0 Å². The Morgan fingerprint density at radius 2 is 0.769 bits per heavy atom. The molecule has 0 aromatic heterocycles. The van der Waals surface area contributed by atoms with E-state index in [1.54, 1.807) is 6.08 Å². The second-order valence-corrected chi connectivity index (χ2v) is 24.6. The van der Waals surface area contributed by atoms with Crippen LogP contribution in [0.25, 0.3) is 0 Å². The van der Waals surface area contributed by atoms with Gasteiger partial charge in [-0.2, -0.15) is 0 Å². The summed E-state index contributed by atoms with van der Waals surface area (Å²) in [7, 11) is 0. The van der Waals surface area contributed by atoms with Crippen molar-refractivity contribution in [3.63, 3.8) is 0 Å². The maximum Gasteiger partial charge on any atom is 0.220 e. The third-order valence-corrected chi connectivity index (χ3v) is 16.8. The van der Waals surface area contributed by atoms with Gasteiger partial charge in [-0.05, 0) is 89.9 Å². The van der Waals surface area contributed by atoms with Gasteiger partial charge in [0.25, 0.3) is 0 Å². The van der Waals surface area contributed by atoms with Gasteiger partial charge in [-0.15, -0.1) is 0 Å². The number of nitrogens with one attached hydrogen (secondary N) is 1. The van der Waals surface area contributed by atoms with Crippen LogP contribution in [0.5, 0.6) is 0 Å². The molecule has 3 aliphatic rings. The van der Waals surface area contributed by atoms with E-state index in [4.69, 9.17) is 28.4 Å². The fourth-order valence-electron chi connectivity index (χ4n) is 11.2. The second-order valence-electron chi connectivity index (χ2n) is 24.6. The largest absolute Gasteiger partial charge is 0.394 e. The van der Waals surface area contributed by atoms with Crippen molar-refractivity contribution in [2.45, 2.75) is 324 Å². The average Bonchev–Trinajstić information content (AvgIpc) is 0.886. The predicted molar refractivity (Wildman–Crippen MR) is 355 cm³/mol. The molecule has 3 aliphatic heterocycles. The molecule has 524 valence electrons. The molecule has 3 heterocycles. The first kappa shape index (κ1) is 81.9. The number of unbranched alkanes of at least 4 members (excludes halogenated alkanes) is 22. The zero-order valence-corrected chi connectivity index (χ0v) is 55.3. The van der Waals surface area contributed by atoms with E-state index in [1.165, 1.54) is 109 Å². The standard InChI is InChI=1S/C72H123NO18/c1-3-5-7-9-11-13-15-17-19-21-23-24-25-26-27-28-29-30-32-33-35-37-39-41-43-45-47-49-56(77)55(73-60(78)50-48-46-44-42-40-38-36-34-31-22-20-18-16-14-12-10-8-6-4-2)54-86-70-66(84)63(81)68(58(52-75)88-70)91-72-67(85)64(82)69(59(53-76)89-72)90-71-65(83)62(80)61(79)57(51-74)87-71/h6,8,12,14,18,20,31-34,38-41,47,49,55-59,61-72,74-77,79-85H,3-5,7,9-11,13,15-17,19,21-30,35-37,42-46,48,50-54H2,1-2H3,(H,73,78)/b8-6-,14-12-,20-18-,33-32+,34-31-,40-38-,41-39+,49-47+. The van der Waals surface area contributed by atoms with Crippen LogP contribution in [-0.4, -0.2) is 193 Å². The maximum absolute atomic E-state index is 13.4. The minimum Gasteiger partial charge on any atom is -0.394 e. The van der Waals surface area contributed by atoms with Crippen LogP contribution in [0, 0.1) is 0 Å². The molecule has 12 N–H and O–H groups in total. The lowest BCUT2D eigenvalue weighted by Gasteiger charge is -2.48. The Morgan fingerprint density at radius 3 is 1.23 bits per heavy atom. The Kier molecular flexibility index (Phi) is 47.7. The summed E-state index contributed by atoms with van der Waals surface area (Å²) in [5.74, 6) is -0.324. The number of aliphatic hydroxyl groups is 11. The minimum atomic E-state index is -1.99. The third kappa shape index (κ3) is 34.8. The molecule has 0 spiro atoms. The summed E-state index contributed by atoms with van der Waals surface area (Å²) in [5.41, 5.74) is 0. The van der Waals surface area contributed by atoms with E-state index in [1.807, 2.05) is 6.08 Å². The normalized spacial score (nSPS) is 28.5. The molecular weight excluding hydrogens is 1170 g/mol. The van der Waals surface area contributed by atoms with E-state index in [9.17, 15) is 61.0 Å². The smallest absolute Gasteiger partial charge is 0.220 e. The van der Waals surface area contributed by atoms with Gasteiger partial charge < -0.3 is 89.9 Å². The molecule has 0 saturated carbocycles. The molecule has 3 saturated heterocycles. The Balaban J connectivity index is 1.47. The molecule has 0 aliphatic carbocycles. The highest BCUT2D eigenvalue weighted by molar-refractivity contribution is 5.76. The molecule has 0 bridgehead atoms. The second kappa shape index (κ2) is 52.9. The van der Waals surface area contributed by atoms with E-state index >= 15 is 0 Å². The summed E-state index contributed by atoms with van der Waals surface area (Å²) in [4.78, 5) is 13.4. The summed E-state index contributed by atoms with van der Waals surface area (Å²) in [6.45, 7) is 1.56. The fourth-order valence-corrected chi connectivity index (χ4v) is 11.2. The van der Waals surface area contributed by atoms with Gasteiger partial charge in [-0.25, -0.2) is 0 Å². The molecule has 91 heavy (non-hydrogen) atoms. The molecule has 19 nitrogen and oxygen atoms in total. The number of carbonyl (C=O) groups is 1. The topological polar surface area (TPSA) is 307 Å². The molecule has 3 fully saturated rings. The summed E-state index contributed by atoms with van der Waals surface area (Å²) < 4.78 is 34.3. The molecule has 0 radical (unpaired) electrons. The lowest BCUT2D eigenvalue weighted by Crippen LogP contribution is -2.66. The number of hydrogen-bond acceptors (Lipinski definition) is 18. The van der Waals surface area contributed by atoms with Crippen molar-refractivity contribution >= 4 is 5.91 Å². The number of ether oxygens (including phenoxy) is 6. The van der Waals surface area contributed by atoms with Gasteiger partial charge in [0.15, 0.2) is 18.9 Å². The quantitative estimate of drug-likeness (QED) is 0.0199. The first-order valence-electron chi connectivity index (χ1n) is 35.0. The van der Waals surface area contributed by atoms with Crippen LogP contribution in [0.3, 0.4) is 0 Å². The highest BCUT2D eigenvalue weighted by Crippen LogP contribution is 2.33. The van der Waals surface area contributed by atoms with Gasteiger partial charge in [-0.1, -0.05) is 220 Å². The highest BCUT2D eigenvalue weighted by atomic mass is 16.8. The summed E-state index contributed by atoms with van der Waals surface area (Å²) in [6.07, 6.45) is 42.5. The van der Waals surface area contributed by atoms with Crippen molar-refractivity contribution in [3.05, 3.63) is 97.2 Å². The van der Waals surface area contributed by atoms with Crippen LogP contribution in [0.4, 0.5) is 0 Å². The van der Waals surface area contributed by atoms with Crippen molar-refractivity contribution in [1.82, 2.24) is 5.32 Å². The lowest BCUT2D eigenvalue weighted by atomic mass is 9.96. The van der Waals surface area contributed by atoms with Gasteiger partial charge in [0.2, 0.25) is 5.91 Å². The number of carbonyl (C=O) groups excluding carboxylic acids is 1. The van der Waals surface area contributed by atoms with E-state index in [-0.39, 0.29) is 12.3 Å². The van der Waals surface area contributed by atoms with E-state index in [0.717, 1.165) is 77.0 Å². The predicted octanol–water partition coefficient (Wildman–Crippen LogP) is 9.27. The Morgan fingerprint density at radius 1 is 0.407 bits per heavy atom. The van der Waals surface area contributed by atoms with Gasteiger partial charge in [-0.3, -0.25) is 4.79 Å². The Hall–Kier alpha value is -3.29. The molecule has 17 unspecified atom stereocenters. The number of aliphatic hydroxyl groups excluding tert-OH is 11. The van der Waals surface area contributed by atoms with Crippen molar-refractivity contribution < 1.29 is 89.4 Å². The molecule has 19 heteroatoms. The molecule has 1 amide bonds. The average molecular weight is 1290 g/mol. The first-order chi connectivity index (χ1) is 44.3. The number of amides is 1. The monoisotopic (exact) mass is 1290 g/mol. The third-order valence-electron chi connectivity index (χ3n) is 16.8. The van der Waals surface area contributed by atoms with Crippen LogP contribution in [-0.2, 0) is 33.2 Å². The Labute approximate surface area is 545 Å². The van der Waals surface area contributed by atoms with Crippen LogP contribution in [0.1, 0.15) is 219 Å². The number of rotatable bonds is 52. The van der Waals surface area contributed by atoms with Gasteiger partial charge in [0, 0.05) is 6.42 Å².